The zero-order valence-corrected chi connectivity index (χ0v) is 20.0. The molecule has 0 aliphatic rings. The number of rotatable bonds is 8. The Balaban J connectivity index is 1.48. The second-order valence-electron chi connectivity index (χ2n) is 8.23. The molecule has 3 aromatic carbocycles. The van der Waals surface area contributed by atoms with E-state index >= 15 is 0 Å². The number of carboxylic acids is 1. The lowest BCUT2D eigenvalue weighted by Crippen LogP contribution is -2.08. The average Bonchev–Trinajstić information content (AvgIpc) is 3.26. The molecule has 0 radical (unpaired) electrons. The highest BCUT2D eigenvalue weighted by Gasteiger charge is 2.19. The highest BCUT2D eigenvalue weighted by atomic mass is 16.5. The van der Waals surface area contributed by atoms with Gasteiger partial charge in [0, 0.05) is 11.8 Å². The van der Waals surface area contributed by atoms with Crippen LogP contribution in [0.3, 0.4) is 0 Å². The molecule has 0 unspecified atom stereocenters. The van der Waals surface area contributed by atoms with E-state index in [1.807, 2.05) is 47.9 Å². The van der Waals surface area contributed by atoms with Crippen LogP contribution in [0.5, 0.6) is 11.9 Å². The topological polar surface area (TPSA) is 86.5 Å². The molecule has 0 saturated carbocycles. The van der Waals surface area contributed by atoms with E-state index in [0.717, 1.165) is 27.8 Å². The lowest BCUT2D eigenvalue weighted by molar-refractivity contribution is 0.0698. The molecular formula is C29H25N3O4. The summed E-state index contributed by atoms with van der Waals surface area (Å²) in [6.45, 7) is 2.75. The number of imidazole rings is 1. The Labute approximate surface area is 208 Å². The summed E-state index contributed by atoms with van der Waals surface area (Å²) in [5, 5.41) is 9.72. The van der Waals surface area contributed by atoms with Crippen molar-refractivity contribution < 1.29 is 19.4 Å². The van der Waals surface area contributed by atoms with Crippen LogP contribution < -0.4 is 9.47 Å². The van der Waals surface area contributed by atoms with Gasteiger partial charge >= 0.3 is 5.97 Å². The highest BCUT2D eigenvalue weighted by Crippen LogP contribution is 2.32. The predicted molar refractivity (Wildman–Crippen MR) is 139 cm³/mol. The zero-order chi connectivity index (χ0) is 25.1. The van der Waals surface area contributed by atoms with Gasteiger partial charge in [-0.1, -0.05) is 48.5 Å². The van der Waals surface area contributed by atoms with E-state index in [1.165, 1.54) is 0 Å². The van der Waals surface area contributed by atoms with Crippen molar-refractivity contribution in [2.75, 3.05) is 13.7 Å². The first-order valence-corrected chi connectivity index (χ1v) is 11.6. The van der Waals surface area contributed by atoms with Gasteiger partial charge < -0.3 is 14.6 Å². The number of methoxy groups -OCH3 is 1. The summed E-state index contributed by atoms with van der Waals surface area (Å²) in [7, 11) is 1.62. The molecule has 2 heterocycles. The van der Waals surface area contributed by atoms with Crippen LogP contribution in [0.2, 0.25) is 0 Å². The van der Waals surface area contributed by atoms with E-state index in [-0.39, 0.29) is 5.56 Å². The molecule has 180 valence electrons. The van der Waals surface area contributed by atoms with Gasteiger partial charge in [-0.25, -0.2) is 9.78 Å². The summed E-state index contributed by atoms with van der Waals surface area (Å²) < 4.78 is 13.0. The summed E-state index contributed by atoms with van der Waals surface area (Å²) in [4.78, 5) is 20.7. The maximum Gasteiger partial charge on any atom is 0.337 e. The van der Waals surface area contributed by atoms with Gasteiger partial charge in [0.2, 0.25) is 5.88 Å². The minimum Gasteiger partial charge on any atom is -0.481 e. The van der Waals surface area contributed by atoms with Crippen molar-refractivity contribution in [2.45, 2.75) is 13.5 Å². The number of fused-ring (bicyclic) bond motifs is 1. The van der Waals surface area contributed by atoms with Crippen molar-refractivity contribution >= 4 is 17.0 Å². The van der Waals surface area contributed by atoms with Crippen molar-refractivity contribution in [2.24, 2.45) is 0 Å². The maximum atomic E-state index is 11.9. The summed E-state index contributed by atoms with van der Waals surface area (Å²) in [5.41, 5.74) is 6.44. The number of aromatic nitrogens is 3. The van der Waals surface area contributed by atoms with E-state index in [0.29, 0.717) is 36.1 Å². The lowest BCUT2D eigenvalue weighted by atomic mass is 9.99. The standard InChI is InChI=1S/C29H25N3O4/c1-3-36-29-31-25-11-5-9-24(28(33)34)26(25)32(29)18-19-12-14-20(15-13-19)21-7-4-8-22(17-21)23-10-6-16-30-27(23)35-2/h4-17H,3,18H2,1-2H3,(H,33,34). The summed E-state index contributed by atoms with van der Waals surface area (Å²) in [6.07, 6.45) is 1.71. The maximum absolute atomic E-state index is 11.9. The number of benzene rings is 3. The number of hydrogen-bond donors (Lipinski definition) is 1. The first-order valence-electron chi connectivity index (χ1n) is 11.6. The fourth-order valence-electron chi connectivity index (χ4n) is 4.35. The molecule has 1 N–H and O–H groups in total. The van der Waals surface area contributed by atoms with Crippen molar-refractivity contribution in [1.29, 1.82) is 0 Å². The molecule has 0 atom stereocenters. The van der Waals surface area contributed by atoms with E-state index in [9.17, 15) is 9.90 Å². The molecule has 5 rings (SSSR count). The quantitative estimate of drug-likeness (QED) is 0.297. The Morgan fingerprint density at radius 3 is 2.47 bits per heavy atom. The van der Waals surface area contributed by atoms with Crippen LogP contribution in [0.4, 0.5) is 0 Å². The Morgan fingerprint density at radius 1 is 0.944 bits per heavy atom. The summed E-state index contributed by atoms with van der Waals surface area (Å²) in [6, 6.07) is 25.8. The lowest BCUT2D eigenvalue weighted by Gasteiger charge is -2.12. The highest BCUT2D eigenvalue weighted by molar-refractivity contribution is 6.01. The van der Waals surface area contributed by atoms with Gasteiger partial charge in [0.1, 0.15) is 0 Å². The van der Waals surface area contributed by atoms with E-state index < -0.39 is 5.97 Å². The van der Waals surface area contributed by atoms with Crippen LogP contribution >= 0.6 is 0 Å². The number of nitrogens with zero attached hydrogens (tertiary/aromatic N) is 3. The van der Waals surface area contributed by atoms with Crippen LogP contribution in [0, 0.1) is 0 Å². The van der Waals surface area contributed by atoms with Gasteiger partial charge in [-0.15, -0.1) is 0 Å². The Bertz CT molecular complexity index is 1540. The number of carbonyl (C=O) groups is 1. The van der Waals surface area contributed by atoms with Gasteiger partial charge in [0.15, 0.2) is 0 Å². The minimum absolute atomic E-state index is 0.199. The normalized spacial score (nSPS) is 10.9. The van der Waals surface area contributed by atoms with Crippen LogP contribution in [0.1, 0.15) is 22.8 Å². The fourth-order valence-corrected chi connectivity index (χ4v) is 4.35. The largest absolute Gasteiger partial charge is 0.481 e. The Hall–Kier alpha value is -4.65. The van der Waals surface area contributed by atoms with Crippen LogP contribution in [0.15, 0.2) is 85.1 Å². The van der Waals surface area contributed by atoms with Gasteiger partial charge in [-0.3, -0.25) is 4.57 Å². The minimum atomic E-state index is -0.995. The third-order valence-electron chi connectivity index (χ3n) is 6.00. The molecule has 5 aromatic rings. The molecule has 2 aromatic heterocycles. The third kappa shape index (κ3) is 4.38. The van der Waals surface area contributed by atoms with Crippen LogP contribution in [-0.2, 0) is 6.54 Å². The molecule has 7 heteroatoms. The second kappa shape index (κ2) is 9.92. The van der Waals surface area contributed by atoms with Crippen molar-refractivity contribution in [3.8, 4) is 34.1 Å². The Morgan fingerprint density at radius 2 is 1.72 bits per heavy atom. The molecule has 0 aliphatic heterocycles. The summed E-state index contributed by atoms with van der Waals surface area (Å²) in [5.74, 6) is -0.409. The number of aromatic carboxylic acids is 1. The molecule has 7 nitrogen and oxygen atoms in total. The number of carboxylic acid groups (broad SMARTS) is 1. The van der Waals surface area contributed by atoms with E-state index in [1.54, 1.807) is 31.5 Å². The van der Waals surface area contributed by atoms with Crippen molar-refractivity contribution in [3.05, 3.63) is 96.2 Å². The first-order chi connectivity index (χ1) is 17.6. The predicted octanol–water partition coefficient (Wildman–Crippen LogP) is 5.92. The Kier molecular flexibility index (Phi) is 6.36. The number of para-hydroxylation sites is 1. The number of ether oxygens (including phenoxy) is 2. The molecular weight excluding hydrogens is 454 g/mol. The zero-order valence-electron chi connectivity index (χ0n) is 20.0. The molecule has 36 heavy (non-hydrogen) atoms. The van der Waals surface area contributed by atoms with Crippen LogP contribution in [0.25, 0.3) is 33.3 Å². The van der Waals surface area contributed by atoms with Gasteiger partial charge in [0.05, 0.1) is 36.9 Å². The van der Waals surface area contributed by atoms with Crippen LogP contribution in [-0.4, -0.2) is 39.3 Å². The molecule has 0 saturated heterocycles. The van der Waals surface area contributed by atoms with Gasteiger partial charge in [-0.2, -0.15) is 4.98 Å². The molecule has 0 fully saturated rings. The number of hydrogen-bond acceptors (Lipinski definition) is 5. The number of pyridine rings is 1. The van der Waals surface area contributed by atoms with Crippen molar-refractivity contribution in [3.63, 3.8) is 0 Å². The SMILES string of the molecule is CCOc1nc2cccc(C(=O)O)c2n1Cc1ccc(-c2cccc(-c3cccnc3OC)c2)cc1. The van der Waals surface area contributed by atoms with Crippen molar-refractivity contribution in [1.82, 2.24) is 14.5 Å². The molecule has 0 bridgehead atoms. The van der Waals surface area contributed by atoms with Gasteiger partial charge in [-0.05, 0) is 59.5 Å². The van der Waals surface area contributed by atoms with E-state index in [4.69, 9.17) is 9.47 Å². The van der Waals surface area contributed by atoms with Gasteiger partial charge in [0.25, 0.3) is 6.01 Å². The summed E-state index contributed by atoms with van der Waals surface area (Å²) >= 11 is 0. The molecule has 0 spiro atoms. The second-order valence-corrected chi connectivity index (χ2v) is 8.23. The third-order valence-corrected chi connectivity index (χ3v) is 6.00. The fraction of sp³-hybridized carbons (Fsp3) is 0.138. The smallest absolute Gasteiger partial charge is 0.337 e. The average molecular weight is 480 g/mol. The molecule has 0 aliphatic carbocycles. The molecule has 0 amide bonds. The monoisotopic (exact) mass is 479 g/mol. The van der Waals surface area contributed by atoms with E-state index in [2.05, 4.69) is 34.2 Å². The first kappa shape index (κ1) is 23.1.